The summed E-state index contributed by atoms with van der Waals surface area (Å²) in [6.45, 7) is 1.63. The van der Waals surface area contributed by atoms with Crippen LogP contribution in [0.5, 0.6) is 0 Å². The summed E-state index contributed by atoms with van der Waals surface area (Å²) >= 11 is 0. The van der Waals surface area contributed by atoms with Crippen molar-refractivity contribution in [3.8, 4) is 0 Å². The predicted molar refractivity (Wildman–Crippen MR) is 105 cm³/mol. The van der Waals surface area contributed by atoms with E-state index in [2.05, 4.69) is 15.6 Å². The van der Waals surface area contributed by atoms with E-state index < -0.39 is 36.7 Å². The summed E-state index contributed by atoms with van der Waals surface area (Å²) in [6, 6.07) is 10.3. The molecule has 2 atom stereocenters. The first kappa shape index (κ1) is 20.4. The maximum Gasteiger partial charge on any atom is 0.221 e. The molecule has 1 aromatic heterocycles. The number of carbonyl (C=O) groups is 1. The molecule has 0 aliphatic carbocycles. The lowest BCUT2D eigenvalue weighted by Crippen LogP contribution is -2.43. The van der Waals surface area contributed by atoms with Gasteiger partial charge in [-0.2, -0.15) is 0 Å². The number of pyridine rings is 1. The lowest BCUT2D eigenvalue weighted by molar-refractivity contribution is -0.114. The summed E-state index contributed by atoms with van der Waals surface area (Å²) in [5, 5.41) is 4.51. The van der Waals surface area contributed by atoms with Gasteiger partial charge in [-0.15, -0.1) is 0 Å². The molecule has 0 spiro atoms. The minimum absolute atomic E-state index is 0.0216. The lowest BCUT2D eigenvalue weighted by Gasteiger charge is -2.20. The summed E-state index contributed by atoms with van der Waals surface area (Å²) in [6.07, 6.45) is 1.62. The molecule has 28 heavy (non-hydrogen) atoms. The average Bonchev–Trinajstić information content (AvgIpc) is 2.96. The van der Waals surface area contributed by atoms with Crippen LogP contribution in [0.15, 0.2) is 53.6 Å². The van der Waals surface area contributed by atoms with E-state index in [1.165, 1.54) is 31.2 Å². The van der Waals surface area contributed by atoms with Crippen LogP contribution in [0.3, 0.4) is 0 Å². The molecule has 0 radical (unpaired) electrons. The number of hydrogen-bond donors (Lipinski definition) is 2. The van der Waals surface area contributed by atoms with Gasteiger partial charge in [0.15, 0.2) is 19.7 Å². The summed E-state index contributed by atoms with van der Waals surface area (Å²) < 4.78 is 50.4. The molecule has 3 rings (SSSR count). The maximum atomic E-state index is 13.1. The second-order valence-corrected chi connectivity index (χ2v) is 11.0. The Hall–Kier alpha value is -2.30. The van der Waals surface area contributed by atoms with Crippen LogP contribution >= 0.6 is 0 Å². The molecule has 1 saturated heterocycles. The first-order valence-electron chi connectivity index (χ1n) is 8.63. The van der Waals surface area contributed by atoms with Crippen LogP contribution in [0.1, 0.15) is 12.6 Å². The zero-order chi connectivity index (χ0) is 20.4. The second-order valence-electron chi connectivity index (χ2n) is 6.67. The third-order valence-electron chi connectivity index (χ3n) is 4.47. The van der Waals surface area contributed by atoms with E-state index in [0.29, 0.717) is 11.4 Å². The predicted octanol–water partition coefficient (Wildman–Crippen LogP) is 0.769. The van der Waals surface area contributed by atoms with Gasteiger partial charge in [0.05, 0.1) is 27.3 Å². The van der Waals surface area contributed by atoms with Crippen molar-refractivity contribution in [1.29, 1.82) is 0 Å². The molecule has 2 heterocycles. The van der Waals surface area contributed by atoms with Crippen LogP contribution in [0.25, 0.3) is 0 Å². The van der Waals surface area contributed by atoms with Gasteiger partial charge in [0.1, 0.15) is 0 Å². The van der Waals surface area contributed by atoms with Gasteiger partial charge in [-0.3, -0.25) is 9.78 Å². The van der Waals surface area contributed by atoms with Gasteiger partial charge in [-0.25, -0.2) is 16.8 Å². The van der Waals surface area contributed by atoms with Crippen LogP contribution in [0.2, 0.25) is 0 Å². The summed E-state index contributed by atoms with van der Waals surface area (Å²) in [7, 11) is -7.37. The Labute approximate surface area is 164 Å². The Balaban J connectivity index is 1.82. The number of sulfone groups is 2. The van der Waals surface area contributed by atoms with E-state index >= 15 is 0 Å². The molecule has 2 aromatic rings. The van der Waals surface area contributed by atoms with E-state index in [4.69, 9.17) is 0 Å². The Bertz CT molecular complexity index is 1050. The van der Waals surface area contributed by atoms with Crippen molar-refractivity contribution in [3.63, 3.8) is 0 Å². The van der Waals surface area contributed by atoms with Gasteiger partial charge >= 0.3 is 0 Å². The van der Waals surface area contributed by atoms with E-state index in [0.717, 1.165) is 0 Å². The summed E-state index contributed by atoms with van der Waals surface area (Å²) in [5.41, 5.74) is 1.16. The van der Waals surface area contributed by atoms with Crippen LogP contribution in [0.4, 0.5) is 5.69 Å². The zero-order valence-corrected chi connectivity index (χ0v) is 16.8. The largest absolute Gasteiger partial charge is 0.326 e. The number of rotatable bonds is 6. The third kappa shape index (κ3) is 4.75. The molecule has 0 bridgehead atoms. The molecular weight excluding hydrogens is 402 g/mol. The fourth-order valence-corrected chi connectivity index (χ4v) is 7.87. The first-order valence-corrected chi connectivity index (χ1v) is 12.0. The zero-order valence-electron chi connectivity index (χ0n) is 15.2. The van der Waals surface area contributed by atoms with E-state index in [-0.39, 0.29) is 23.1 Å². The van der Waals surface area contributed by atoms with Crippen molar-refractivity contribution < 1.29 is 21.6 Å². The number of anilines is 1. The van der Waals surface area contributed by atoms with E-state index in [1.807, 2.05) is 0 Å². The molecule has 1 aliphatic heterocycles. The smallest absolute Gasteiger partial charge is 0.221 e. The Morgan fingerprint density at radius 1 is 1.14 bits per heavy atom. The average molecular weight is 424 g/mol. The molecular formula is C18H21N3O5S2. The Morgan fingerprint density at radius 2 is 1.86 bits per heavy atom. The molecule has 1 amide bonds. The van der Waals surface area contributed by atoms with Gasteiger partial charge in [-0.05, 0) is 36.4 Å². The number of carbonyl (C=O) groups excluding carboxylic acids is 1. The van der Waals surface area contributed by atoms with Gasteiger partial charge in [-0.1, -0.05) is 6.07 Å². The molecule has 8 nitrogen and oxygen atoms in total. The van der Waals surface area contributed by atoms with Crippen LogP contribution < -0.4 is 10.6 Å². The van der Waals surface area contributed by atoms with Gasteiger partial charge < -0.3 is 10.6 Å². The van der Waals surface area contributed by atoms with E-state index in [9.17, 15) is 21.6 Å². The highest BCUT2D eigenvalue weighted by Gasteiger charge is 2.45. The molecule has 1 aliphatic rings. The number of nitrogens with one attached hydrogen (secondary N) is 2. The second kappa shape index (κ2) is 7.98. The SMILES string of the molecule is CC(=O)Nc1ccc(S(=O)(=O)C2CS(=O)(=O)CC2NCc2ccccn2)cc1. The molecule has 0 saturated carbocycles. The highest BCUT2D eigenvalue weighted by molar-refractivity contribution is 7.96. The van der Waals surface area contributed by atoms with Crippen molar-refractivity contribution in [3.05, 3.63) is 54.4 Å². The van der Waals surface area contributed by atoms with Crippen LogP contribution in [-0.2, 0) is 31.0 Å². The molecule has 1 fully saturated rings. The summed E-state index contributed by atoms with van der Waals surface area (Å²) in [5.74, 6) is -0.938. The molecule has 150 valence electrons. The standard InChI is InChI=1S/C18H21N3O5S2/c1-13(22)21-14-5-7-16(8-6-14)28(25,26)18-12-27(23,24)11-17(18)20-10-15-4-2-3-9-19-15/h2-9,17-18,20H,10-12H2,1H3,(H,21,22). The topological polar surface area (TPSA) is 122 Å². The van der Waals surface area contributed by atoms with Gasteiger partial charge in [0.2, 0.25) is 5.91 Å². The Kier molecular flexibility index (Phi) is 5.82. The van der Waals surface area contributed by atoms with Crippen molar-refractivity contribution >= 4 is 31.3 Å². The quantitative estimate of drug-likeness (QED) is 0.703. The fraction of sp³-hybridized carbons (Fsp3) is 0.333. The number of nitrogens with zero attached hydrogens (tertiary/aromatic N) is 1. The molecule has 2 N–H and O–H groups in total. The van der Waals surface area contributed by atoms with Crippen molar-refractivity contribution in [2.75, 3.05) is 16.8 Å². The van der Waals surface area contributed by atoms with Gasteiger partial charge in [0.25, 0.3) is 0 Å². The van der Waals surface area contributed by atoms with Crippen LogP contribution in [-0.4, -0.2) is 50.5 Å². The maximum absolute atomic E-state index is 13.1. The number of benzene rings is 1. The number of aromatic nitrogens is 1. The highest BCUT2D eigenvalue weighted by atomic mass is 32.2. The van der Waals surface area contributed by atoms with Gasteiger partial charge in [0, 0.05) is 31.4 Å². The Morgan fingerprint density at radius 3 is 2.46 bits per heavy atom. The molecule has 1 aromatic carbocycles. The number of amides is 1. The van der Waals surface area contributed by atoms with Crippen LogP contribution in [0, 0.1) is 0 Å². The number of hydrogen-bond acceptors (Lipinski definition) is 7. The monoisotopic (exact) mass is 423 g/mol. The minimum atomic E-state index is -3.88. The fourth-order valence-electron chi connectivity index (χ4n) is 3.16. The van der Waals surface area contributed by atoms with Crippen molar-refractivity contribution in [2.45, 2.75) is 29.7 Å². The van der Waals surface area contributed by atoms with Crippen molar-refractivity contribution in [1.82, 2.24) is 10.3 Å². The summed E-state index contributed by atoms with van der Waals surface area (Å²) in [4.78, 5) is 15.3. The van der Waals surface area contributed by atoms with Crippen molar-refractivity contribution in [2.24, 2.45) is 0 Å². The minimum Gasteiger partial charge on any atom is -0.326 e. The lowest BCUT2D eigenvalue weighted by atomic mass is 10.2. The van der Waals surface area contributed by atoms with E-state index in [1.54, 1.807) is 24.4 Å². The first-order chi connectivity index (χ1) is 13.2. The molecule has 10 heteroatoms. The molecule has 2 unspecified atom stereocenters. The normalized spacial score (nSPS) is 21.3. The third-order valence-corrected chi connectivity index (χ3v) is 8.64. The highest BCUT2D eigenvalue weighted by Crippen LogP contribution is 2.27.